The molecule has 0 saturated carbocycles. The molecule has 1 aromatic rings. The van der Waals surface area contributed by atoms with Crippen molar-refractivity contribution in [3.05, 3.63) is 65.9 Å². The summed E-state index contributed by atoms with van der Waals surface area (Å²) in [6.07, 6.45) is 7.04. The number of hydrogen-bond donors (Lipinski definition) is 0. The Labute approximate surface area is 133 Å². The fourth-order valence-electron chi connectivity index (χ4n) is 1.83. The zero-order valence-electron chi connectivity index (χ0n) is 10.4. The van der Waals surface area contributed by atoms with Gasteiger partial charge < -0.3 is 4.90 Å². The van der Waals surface area contributed by atoms with Crippen LogP contribution in [0.5, 0.6) is 0 Å². The maximum Gasteiger partial charge on any atom is 0.0990 e. The molecule has 0 aliphatic carbocycles. The largest absolute Gasteiger partial charge is 0.376 e. The van der Waals surface area contributed by atoms with Crippen molar-refractivity contribution >= 4 is 5.70 Å². The first-order valence-electron chi connectivity index (χ1n) is 5.53. The van der Waals surface area contributed by atoms with Gasteiger partial charge in [-0.15, -0.1) is 18.2 Å². The van der Waals surface area contributed by atoms with E-state index < -0.39 is 0 Å². The Hall–Kier alpha value is -1.17. The van der Waals surface area contributed by atoms with E-state index in [4.69, 9.17) is 5.26 Å². The predicted molar refractivity (Wildman–Crippen MR) is 68.5 cm³/mol. The van der Waals surface area contributed by atoms with Crippen molar-refractivity contribution in [1.29, 1.82) is 5.26 Å². The van der Waals surface area contributed by atoms with E-state index in [9.17, 15) is 0 Å². The third-order valence-electron chi connectivity index (χ3n) is 2.72. The van der Waals surface area contributed by atoms with E-state index in [2.05, 4.69) is 30.5 Å². The molecule has 2 nitrogen and oxygen atoms in total. The minimum absolute atomic E-state index is 0. The van der Waals surface area contributed by atoms with Crippen LogP contribution in [0.1, 0.15) is 18.1 Å². The summed E-state index contributed by atoms with van der Waals surface area (Å²) in [5, 5.41) is 8.77. The molecule has 1 aliphatic heterocycles. The van der Waals surface area contributed by atoms with E-state index in [1.165, 1.54) is 0 Å². The minimum Gasteiger partial charge on any atom is -0.376 e. The van der Waals surface area contributed by atoms with Gasteiger partial charge in [-0.3, -0.25) is 0 Å². The Morgan fingerprint density at radius 1 is 1.33 bits per heavy atom. The van der Waals surface area contributed by atoms with Gasteiger partial charge in [-0.2, -0.15) is 17.4 Å². The van der Waals surface area contributed by atoms with Crippen LogP contribution in [0.3, 0.4) is 0 Å². The summed E-state index contributed by atoms with van der Waals surface area (Å²) < 4.78 is 0. The van der Waals surface area contributed by atoms with Crippen LogP contribution in [-0.4, -0.2) is 11.4 Å². The molecule has 1 aliphatic rings. The van der Waals surface area contributed by atoms with Crippen molar-refractivity contribution in [1.82, 2.24) is 4.90 Å². The molecular weight excluding hydrogens is 297 g/mol. The van der Waals surface area contributed by atoms with Crippen LogP contribution in [0.4, 0.5) is 0 Å². The molecule has 0 spiro atoms. The van der Waals surface area contributed by atoms with E-state index in [1.807, 2.05) is 36.4 Å². The second-order valence-electron chi connectivity index (χ2n) is 3.75. The number of allylic oxidation sites excluding steroid dienone is 3. The van der Waals surface area contributed by atoms with Gasteiger partial charge in [-0.1, -0.05) is 30.0 Å². The molecule has 2 rings (SSSR count). The first kappa shape index (κ1) is 14.9. The second-order valence-corrected chi connectivity index (χ2v) is 3.75. The maximum absolute atomic E-state index is 8.77. The zero-order chi connectivity index (χ0) is 12.3. The van der Waals surface area contributed by atoms with Gasteiger partial charge in [0.2, 0.25) is 0 Å². The standard InChI is InChI=1S/C15H13N2.Y/c1-3-17-12(2)5-4-6-15(17)14-9-7-13(11-16)8-10-14;/h4-5,7-10H,2-3H2,1H3;/q-1;. The van der Waals surface area contributed by atoms with Gasteiger partial charge in [0.05, 0.1) is 6.07 Å². The number of nitriles is 1. The van der Waals surface area contributed by atoms with Crippen LogP contribution in [0, 0.1) is 17.4 Å². The van der Waals surface area contributed by atoms with Gasteiger partial charge in [-0.25, -0.2) is 0 Å². The number of hydrogen-bond acceptors (Lipinski definition) is 2. The molecule has 0 atom stereocenters. The maximum atomic E-state index is 8.77. The first-order chi connectivity index (χ1) is 8.26. The molecule has 0 aromatic heterocycles. The molecule has 18 heavy (non-hydrogen) atoms. The third kappa shape index (κ3) is 2.99. The molecule has 0 bridgehead atoms. The SMILES string of the molecule is C=C1C=C[C-]=C(c2ccc(C#N)cc2)N1CC.[Y]. The van der Waals surface area contributed by atoms with Crippen LogP contribution >= 0.6 is 0 Å². The molecule has 0 unspecified atom stereocenters. The van der Waals surface area contributed by atoms with Gasteiger partial charge in [0.25, 0.3) is 0 Å². The van der Waals surface area contributed by atoms with Crippen molar-refractivity contribution in [2.24, 2.45) is 0 Å². The van der Waals surface area contributed by atoms with Crippen LogP contribution < -0.4 is 0 Å². The van der Waals surface area contributed by atoms with E-state index in [1.54, 1.807) is 0 Å². The normalized spacial score (nSPS) is 13.7. The average Bonchev–Trinajstić information content (AvgIpc) is 2.38. The van der Waals surface area contributed by atoms with Gasteiger partial charge in [0.15, 0.2) is 0 Å². The third-order valence-corrected chi connectivity index (χ3v) is 2.72. The molecule has 87 valence electrons. The monoisotopic (exact) mass is 310 g/mol. The number of benzene rings is 1. The van der Waals surface area contributed by atoms with Crippen LogP contribution in [-0.2, 0) is 32.7 Å². The Morgan fingerprint density at radius 3 is 2.56 bits per heavy atom. The summed E-state index contributed by atoms with van der Waals surface area (Å²) >= 11 is 0. The average molecular weight is 310 g/mol. The van der Waals surface area contributed by atoms with Gasteiger partial charge in [0, 0.05) is 44.8 Å². The van der Waals surface area contributed by atoms with Crippen molar-refractivity contribution in [2.75, 3.05) is 6.54 Å². The van der Waals surface area contributed by atoms with E-state index in [-0.39, 0.29) is 32.7 Å². The number of rotatable bonds is 2. The predicted octanol–water partition coefficient (Wildman–Crippen LogP) is 3.11. The Morgan fingerprint density at radius 2 is 2.00 bits per heavy atom. The van der Waals surface area contributed by atoms with E-state index >= 15 is 0 Å². The van der Waals surface area contributed by atoms with Gasteiger partial charge in [0.1, 0.15) is 0 Å². The van der Waals surface area contributed by atoms with Crippen LogP contribution in [0.15, 0.2) is 48.7 Å². The summed E-state index contributed by atoms with van der Waals surface area (Å²) in [5.41, 5.74) is 3.69. The minimum atomic E-state index is 0. The Kier molecular flexibility index (Phi) is 5.53. The topological polar surface area (TPSA) is 27.0 Å². The molecule has 0 N–H and O–H groups in total. The molecule has 0 amide bonds. The van der Waals surface area contributed by atoms with Crippen molar-refractivity contribution in [3.63, 3.8) is 0 Å². The summed E-state index contributed by atoms with van der Waals surface area (Å²) in [4.78, 5) is 2.10. The smallest absolute Gasteiger partial charge is 0.0990 e. The Balaban J connectivity index is 0.00000162. The fraction of sp³-hybridized carbons (Fsp3) is 0.133. The number of likely N-dealkylation sites (N-methyl/N-ethyl adjacent to an activating group) is 1. The molecule has 0 fully saturated rings. The molecule has 1 radical (unpaired) electrons. The Bertz CT molecular complexity index is 533. The quantitative estimate of drug-likeness (QED) is 0.785. The second kappa shape index (κ2) is 6.68. The molecule has 0 saturated heterocycles. The molecular formula is C15H13N2Y-. The van der Waals surface area contributed by atoms with Gasteiger partial charge >= 0.3 is 0 Å². The summed E-state index contributed by atoms with van der Waals surface area (Å²) in [6.45, 7) is 6.93. The van der Waals surface area contributed by atoms with Crippen LogP contribution in [0.25, 0.3) is 5.70 Å². The van der Waals surface area contributed by atoms with Gasteiger partial charge in [-0.05, 0) is 12.6 Å². The summed E-state index contributed by atoms with van der Waals surface area (Å²) in [6, 6.07) is 9.63. The zero-order valence-corrected chi connectivity index (χ0v) is 13.2. The first-order valence-corrected chi connectivity index (χ1v) is 5.53. The molecule has 1 heterocycles. The van der Waals surface area contributed by atoms with E-state index in [0.717, 1.165) is 23.5 Å². The van der Waals surface area contributed by atoms with Crippen molar-refractivity contribution < 1.29 is 32.7 Å². The number of nitrogens with zero attached hydrogens (tertiary/aromatic N) is 2. The van der Waals surface area contributed by atoms with Crippen molar-refractivity contribution in [3.8, 4) is 6.07 Å². The fourth-order valence-corrected chi connectivity index (χ4v) is 1.83. The van der Waals surface area contributed by atoms with Crippen LogP contribution in [0.2, 0.25) is 0 Å². The molecule has 1 aromatic carbocycles. The van der Waals surface area contributed by atoms with E-state index in [0.29, 0.717) is 5.56 Å². The van der Waals surface area contributed by atoms with Crippen molar-refractivity contribution in [2.45, 2.75) is 6.92 Å². The molecule has 3 heteroatoms. The summed E-state index contributed by atoms with van der Waals surface area (Å²) in [7, 11) is 0. The summed E-state index contributed by atoms with van der Waals surface area (Å²) in [5.74, 6) is 0.